The maximum Gasteiger partial charge on any atom is 0.251 e. The van der Waals surface area contributed by atoms with Crippen LogP contribution in [0.2, 0.25) is 5.02 Å². The minimum atomic E-state index is -3.86. The molecule has 0 radical (unpaired) electrons. The van der Waals surface area contributed by atoms with Crippen LogP contribution in [0.25, 0.3) is 0 Å². The molecule has 0 saturated carbocycles. The van der Waals surface area contributed by atoms with Crippen LogP contribution in [0.15, 0.2) is 47.4 Å². The SMILES string of the molecule is CC(C)(C)NS(=O)(=O)c1cc(C(=O)NCCSCc2ccccc2C#N)ccc1Cl. The van der Waals surface area contributed by atoms with E-state index in [1.54, 1.807) is 38.6 Å². The van der Waals surface area contributed by atoms with Crippen LogP contribution >= 0.6 is 23.4 Å². The van der Waals surface area contributed by atoms with Crippen molar-refractivity contribution in [3.63, 3.8) is 0 Å². The number of rotatable bonds is 8. The number of nitrogens with zero attached hydrogens (tertiary/aromatic N) is 1. The van der Waals surface area contributed by atoms with E-state index in [-0.39, 0.29) is 21.4 Å². The zero-order chi connectivity index (χ0) is 22.4. The van der Waals surface area contributed by atoms with Gasteiger partial charge < -0.3 is 5.32 Å². The Bertz CT molecular complexity index is 1060. The normalized spacial score (nSPS) is 11.7. The molecule has 1 amide bonds. The van der Waals surface area contributed by atoms with E-state index in [1.165, 1.54) is 18.2 Å². The summed E-state index contributed by atoms with van der Waals surface area (Å²) in [7, 11) is -3.86. The van der Waals surface area contributed by atoms with Gasteiger partial charge in [-0.15, -0.1) is 0 Å². The summed E-state index contributed by atoms with van der Waals surface area (Å²) in [5, 5.41) is 11.9. The number of hydrogen-bond donors (Lipinski definition) is 2. The fourth-order valence-electron chi connectivity index (χ4n) is 2.58. The van der Waals surface area contributed by atoms with Gasteiger partial charge in [-0.25, -0.2) is 13.1 Å². The molecule has 160 valence electrons. The van der Waals surface area contributed by atoms with E-state index in [0.29, 0.717) is 23.6 Å². The van der Waals surface area contributed by atoms with Crippen molar-refractivity contribution in [1.29, 1.82) is 5.26 Å². The molecule has 0 bridgehead atoms. The van der Waals surface area contributed by atoms with Crippen LogP contribution in [-0.2, 0) is 15.8 Å². The third kappa shape index (κ3) is 7.03. The topological polar surface area (TPSA) is 99.1 Å². The number of thioether (sulfide) groups is 1. The lowest BCUT2D eigenvalue weighted by molar-refractivity contribution is 0.0956. The number of sulfonamides is 1. The fraction of sp³-hybridized carbons (Fsp3) is 0.333. The van der Waals surface area contributed by atoms with Gasteiger partial charge in [-0.2, -0.15) is 17.0 Å². The minimum absolute atomic E-state index is 0.0509. The molecule has 0 atom stereocenters. The maximum atomic E-state index is 12.6. The van der Waals surface area contributed by atoms with E-state index in [4.69, 9.17) is 16.9 Å². The first-order valence-corrected chi connectivity index (χ1v) is 12.2. The number of hydrogen-bond acceptors (Lipinski definition) is 5. The molecule has 0 unspecified atom stereocenters. The van der Waals surface area contributed by atoms with Gasteiger partial charge in [-0.1, -0.05) is 29.8 Å². The summed E-state index contributed by atoms with van der Waals surface area (Å²) in [5.74, 6) is 0.939. The van der Waals surface area contributed by atoms with Crippen LogP contribution in [-0.4, -0.2) is 32.2 Å². The predicted octanol–water partition coefficient (Wildman–Crippen LogP) is 3.95. The predicted molar refractivity (Wildman–Crippen MR) is 121 cm³/mol. The zero-order valence-electron chi connectivity index (χ0n) is 17.0. The number of amides is 1. The second kappa shape index (κ2) is 10.3. The van der Waals surface area contributed by atoms with Crippen molar-refractivity contribution in [1.82, 2.24) is 10.0 Å². The van der Waals surface area contributed by atoms with E-state index in [9.17, 15) is 13.2 Å². The summed E-state index contributed by atoms with van der Waals surface area (Å²) >= 11 is 7.66. The number of carbonyl (C=O) groups excluding carboxylic acids is 1. The molecule has 6 nitrogen and oxygen atoms in total. The van der Waals surface area contributed by atoms with Crippen molar-refractivity contribution in [2.45, 2.75) is 37.0 Å². The largest absolute Gasteiger partial charge is 0.351 e. The summed E-state index contributed by atoms with van der Waals surface area (Å²) in [6.45, 7) is 5.58. The van der Waals surface area contributed by atoms with Crippen LogP contribution in [0.4, 0.5) is 0 Å². The molecule has 2 aromatic rings. The highest BCUT2D eigenvalue weighted by atomic mass is 35.5. The summed E-state index contributed by atoms with van der Waals surface area (Å²) in [4.78, 5) is 12.3. The molecule has 0 aromatic heterocycles. The van der Waals surface area contributed by atoms with Gasteiger partial charge in [0.2, 0.25) is 10.0 Å². The smallest absolute Gasteiger partial charge is 0.251 e. The van der Waals surface area contributed by atoms with Crippen molar-refractivity contribution in [2.75, 3.05) is 12.3 Å². The third-order valence-electron chi connectivity index (χ3n) is 3.85. The first kappa shape index (κ1) is 24.2. The molecule has 30 heavy (non-hydrogen) atoms. The van der Waals surface area contributed by atoms with Crippen molar-refractivity contribution >= 4 is 39.3 Å². The Balaban J connectivity index is 1.95. The lowest BCUT2D eigenvalue weighted by Crippen LogP contribution is -2.40. The lowest BCUT2D eigenvalue weighted by Gasteiger charge is -2.21. The first-order valence-electron chi connectivity index (χ1n) is 9.21. The molecular formula is C21H24ClN3O3S2. The van der Waals surface area contributed by atoms with Crippen LogP contribution in [0, 0.1) is 11.3 Å². The zero-order valence-corrected chi connectivity index (χ0v) is 19.4. The van der Waals surface area contributed by atoms with Gasteiger partial charge in [0, 0.05) is 29.2 Å². The van der Waals surface area contributed by atoms with Crippen molar-refractivity contribution < 1.29 is 13.2 Å². The van der Waals surface area contributed by atoms with Gasteiger partial charge >= 0.3 is 0 Å². The first-order chi connectivity index (χ1) is 14.0. The van der Waals surface area contributed by atoms with E-state index >= 15 is 0 Å². The quantitative estimate of drug-likeness (QED) is 0.575. The number of nitriles is 1. The number of nitrogens with one attached hydrogen (secondary N) is 2. The molecule has 0 aliphatic rings. The van der Waals surface area contributed by atoms with Gasteiger partial charge in [-0.05, 0) is 50.6 Å². The van der Waals surface area contributed by atoms with E-state index in [0.717, 1.165) is 5.56 Å². The Kier molecular flexibility index (Phi) is 8.33. The average Bonchev–Trinajstić information content (AvgIpc) is 2.66. The van der Waals surface area contributed by atoms with E-state index in [2.05, 4.69) is 16.1 Å². The molecule has 0 fully saturated rings. The Morgan fingerprint density at radius 1 is 1.20 bits per heavy atom. The van der Waals surface area contributed by atoms with E-state index < -0.39 is 15.6 Å². The maximum absolute atomic E-state index is 12.6. The van der Waals surface area contributed by atoms with Gasteiger partial charge in [0.05, 0.1) is 16.7 Å². The van der Waals surface area contributed by atoms with Gasteiger partial charge in [-0.3, -0.25) is 4.79 Å². The standard InChI is InChI=1S/C21H24ClN3O3S2/c1-21(2,3)25-30(27,28)19-12-15(8-9-18(19)22)20(26)24-10-11-29-14-17-7-5-4-6-16(17)13-23/h4-9,12,25H,10-11,14H2,1-3H3,(H,24,26). The molecule has 0 spiro atoms. The molecule has 2 N–H and O–H groups in total. The summed E-state index contributed by atoms with van der Waals surface area (Å²) in [5.41, 5.74) is 1.14. The molecular weight excluding hydrogens is 442 g/mol. The highest BCUT2D eigenvalue weighted by Gasteiger charge is 2.25. The highest BCUT2D eigenvalue weighted by Crippen LogP contribution is 2.24. The van der Waals surface area contributed by atoms with Crippen molar-refractivity contribution in [3.8, 4) is 6.07 Å². The lowest BCUT2D eigenvalue weighted by atomic mass is 10.1. The van der Waals surface area contributed by atoms with Gasteiger partial charge in [0.25, 0.3) is 5.91 Å². The van der Waals surface area contributed by atoms with Crippen molar-refractivity contribution in [2.24, 2.45) is 0 Å². The monoisotopic (exact) mass is 465 g/mol. The number of halogens is 1. The third-order valence-corrected chi connectivity index (χ3v) is 7.10. The highest BCUT2D eigenvalue weighted by molar-refractivity contribution is 7.98. The molecule has 9 heteroatoms. The van der Waals surface area contributed by atoms with Crippen LogP contribution < -0.4 is 10.0 Å². The van der Waals surface area contributed by atoms with E-state index in [1.807, 2.05) is 18.2 Å². The minimum Gasteiger partial charge on any atom is -0.351 e. The molecule has 0 aliphatic heterocycles. The molecule has 0 heterocycles. The molecule has 0 aliphatic carbocycles. The van der Waals surface area contributed by atoms with Gasteiger partial charge in [0.1, 0.15) is 4.90 Å². The number of benzene rings is 2. The molecule has 2 aromatic carbocycles. The second-order valence-corrected chi connectivity index (χ2v) is 10.7. The Morgan fingerprint density at radius 3 is 2.57 bits per heavy atom. The summed E-state index contributed by atoms with van der Waals surface area (Å²) in [6, 6.07) is 13.7. The Labute approximate surface area is 187 Å². The molecule has 0 saturated heterocycles. The van der Waals surface area contributed by atoms with Crippen LogP contribution in [0.5, 0.6) is 0 Å². The summed E-state index contributed by atoms with van der Waals surface area (Å²) in [6.07, 6.45) is 0. The van der Waals surface area contributed by atoms with Crippen LogP contribution in [0.1, 0.15) is 42.3 Å². The molecule has 2 rings (SSSR count). The average molecular weight is 466 g/mol. The van der Waals surface area contributed by atoms with Crippen molar-refractivity contribution in [3.05, 3.63) is 64.2 Å². The second-order valence-electron chi connectivity index (χ2n) is 7.58. The Morgan fingerprint density at radius 2 is 1.90 bits per heavy atom. The van der Waals surface area contributed by atoms with Gasteiger partial charge in [0.15, 0.2) is 0 Å². The summed E-state index contributed by atoms with van der Waals surface area (Å²) < 4.78 is 27.7. The number of carbonyl (C=O) groups is 1. The van der Waals surface area contributed by atoms with Crippen LogP contribution in [0.3, 0.4) is 0 Å². The Hall–Kier alpha value is -2.05. The fourth-order valence-corrected chi connectivity index (χ4v) is 5.39.